The quantitative estimate of drug-likeness (QED) is 0.631. The topological polar surface area (TPSA) is 54.4 Å². The summed E-state index contributed by atoms with van der Waals surface area (Å²) in [6, 6.07) is 0. The van der Waals surface area contributed by atoms with Crippen molar-refractivity contribution in [2.75, 3.05) is 0 Å². The lowest BCUT2D eigenvalue weighted by atomic mass is 9.47. The average Bonchev–Trinajstić information content (AvgIpc) is 2.36. The zero-order chi connectivity index (χ0) is 15.8. The van der Waals surface area contributed by atoms with E-state index in [4.69, 9.17) is 0 Å². The third kappa shape index (κ3) is 2.58. The van der Waals surface area contributed by atoms with Crippen molar-refractivity contribution in [2.45, 2.75) is 52.9 Å². The third-order valence-electron chi connectivity index (χ3n) is 5.89. The predicted octanol–water partition coefficient (Wildman–Crippen LogP) is 4.00. The lowest BCUT2D eigenvalue weighted by Crippen LogP contribution is -2.53. The Morgan fingerprint density at radius 2 is 2.00 bits per heavy atom. The summed E-state index contributed by atoms with van der Waals surface area (Å²) in [4.78, 5) is 23.1. The molecule has 1 unspecified atom stereocenters. The number of carbonyl (C=O) groups excluding carboxylic acids is 1. The Labute approximate surface area is 127 Å². The molecule has 2 rings (SSSR count). The second kappa shape index (κ2) is 5.43. The molecule has 2 aliphatic carbocycles. The van der Waals surface area contributed by atoms with Gasteiger partial charge in [0.05, 0.1) is 5.41 Å². The Balaban J connectivity index is 2.42. The number of hydrogen-bond acceptors (Lipinski definition) is 2. The van der Waals surface area contributed by atoms with Gasteiger partial charge in [-0.15, -0.1) is 0 Å². The van der Waals surface area contributed by atoms with E-state index in [2.05, 4.69) is 13.5 Å². The first kappa shape index (κ1) is 16.0. The Hall–Kier alpha value is -1.38. The summed E-state index contributed by atoms with van der Waals surface area (Å²) in [5.74, 6) is -0.395. The first-order valence-corrected chi connectivity index (χ1v) is 7.81. The molecule has 0 saturated heterocycles. The summed E-state index contributed by atoms with van der Waals surface area (Å²) < 4.78 is 0. The molecular formula is C18H26O3. The number of fused-ring (bicyclic) bond motifs is 1. The molecule has 3 nitrogen and oxygen atoms in total. The van der Waals surface area contributed by atoms with Gasteiger partial charge in [0, 0.05) is 5.92 Å². The number of carboxylic acids is 1. The first-order valence-electron chi connectivity index (χ1n) is 7.81. The van der Waals surface area contributed by atoms with Crippen LogP contribution in [0.1, 0.15) is 52.9 Å². The van der Waals surface area contributed by atoms with Gasteiger partial charge in [0.1, 0.15) is 0 Å². The maximum atomic E-state index is 11.8. The number of carbonyl (C=O) groups is 2. The van der Waals surface area contributed by atoms with Gasteiger partial charge in [-0.1, -0.05) is 31.6 Å². The molecule has 0 aromatic carbocycles. The fraction of sp³-hybridized carbons (Fsp3) is 0.667. The summed E-state index contributed by atoms with van der Waals surface area (Å²) in [5, 5.41) is 9.73. The first-order chi connectivity index (χ1) is 9.71. The Kier molecular flexibility index (Phi) is 4.14. The highest BCUT2D eigenvalue weighted by molar-refractivity contribution is 5.87. The van der Waals surface area contributed by atoms with E-state index in [1.165, 1.54) is 0 Å². The largest absolute Gasteiger partial charge is 0.481 e. The minimum absolute atomic E-state index is 0.0327. The highest BCUT2D eigenvalue weighted by Gasteiger charge is 2.56. The third-order valence-corrected chi connectivity index (χ3v) is 5.89. The zero-order valence-corrected chi connectivity index (χ0v) is 13.3. The normalized spacial score (nSPS) is 40.0. The van der Waals surface area contributed by atoms with Gasteiger partial charge >= 0.3 is 5.97 Å². The van der Waals surface area contributed by atoms with Crippen molar-refractivity contribution in [1.29, 1.82) is 0 Å². The average molecular weight is 290 g/mol. The highest BCUT2D eigenvalue weighted by Crippen LogP contribution is 2.61. The maximum Gasteiger partial charge on any atom is 0.309 e. The number of allylic oxidation sites excluding steroid dienone is 3. The van der Waals surface area contributed by atoms with Crippen molar-refractivity contribution in [1.82, 2.24) is 0 Å². The van der Waals surface area contributed by atoms with Crippen molar-refractivity contribution < 1.29 is 14.7 Å². The van der Waals surface area contributed by atoms with Crippen LogP contribution >= 0.6 is 0 Å². The molecule has 3 heteroatoms. The van der Waals surface area contributed by atoms with E-state index in [0.717, 1.165) is 37.7 Å². The van der Waals surface area contributed by atoms with Crippen molar-refractivity contribution >= 4 is 11.8 Å². The molecule has 2 aliphatic rings. The SMILES string of the molecule is C=C1CCC2[C@](C)(C(=O)O)CCC[C@]2(C)[C@H]1/C=C/C(C)=O. The van der Waals surface area contributed by atoms with Crippen LogP contribution in [0.15, 0.2) is 24.3 Å². The van der Waals surface area contributed by atoms with Gasteiger partial charge in [-0.2, -0.15) is 0 Å². The van der Waals surface area contributed by atoms with Crippen LogP contribution < -0.4 is 0 Å². The predicted molar refractivity (Wildman–Crippen MR) is 82.9 cm³/mol. The molecule has 1 N–H and O–H groups in total. The van der Waals surface area contributed by atoms with Crippen molar-refractivity contribution in [3.63, 3.8) is 0 Å². The van der Waals surface area contributed by atoms with E-state index in [0.29, 0.717) is 0 Å². The number of hydrogen-bond donors (Lipinski definition) is 1. The van der Waals surface area contributed by atoms with E-state index < -0.39 is 11.4 Å². The van der Waals surface area contributed by atoms with Gasteiger partial charge < -0.3 is 5.11 Å². The van der Waals surface area contributed by atoms with Gasteiger partial charge in [-0.25, -0.2) is 0 Å². The maximum absolute atomic E-state index is 11.8. The van der Waals surface area contributed by atoms with Crippen LogP contribution in [0.2, 0.25) is 0 Å². The van der Waals surface area contributed by atoms with E-state index in [9.17, 15) is 14.7 Å². The molecule has 2 saturated carbocycles. The molecule has 116 valence electrons. The van der Waals surface area contributed by atoms with Gasteiger partial charge in [0.15, 0.2) is 5.78 Å². The lowest BCUT2D eigenvalue weighted by molar-refractivity contribution is -0.163. The van der Waals surface area contributed by atoms with Crippen molar-refractivity contribution in [2.24, 2.45) is 22.7 Å². The van der Waals surface area contributed by atoms with Crippen LogP contribution in [0, 0.1) is 22.7 Å². The number of aliphatic carboxylic acids is 1. The van der Waals surface area contributed by atoms with E-state index in [1.54, 1.807) is 13.0 Å². The summed E-state index contributed by atoms with van der Waals surface area (Å²) >= 11 is 0. The summed E-state index contributed by atoms with van der Waals surface area (Å²) in [5.41, 5.74) is 0.378. The van der Waals surface area contributed by atoms with Crippen LogP contribution in [0.25, 0.3) is 0 Å². The minimum Gasteiger partial charge on any atom is -0.481 e. The molecule has 0 radical (unpaired) electrons. The minimum atomic E-state index is -0.680. The van der Waals surface area contributed by atoms with E-state index in [1.807, 2.05) is 13.0 Å². The number of rotatable bonds is 3. The molecule has 0 amide bonds. The summed E-state index contributed by atoms with van der Waals surface area (Å²) in [6.45, 7) is 9.83. The van der Waals surface area contributed by atoms with Crippen LogP contribution in [0.5, 0.6) is 0 Å². The van der Waals surface area contributed by atoms with Gasteiger partial charge in [-0.05, 0) is 56.9 Å². The van der Waals surface area contributed by atoms with Crippen LogP contribution in [-0.4, -0.2) is 16.9 Å². The van der Waals surface area contributed by atoms with Crippen LogP contribution in [0.3, 0.4) is 0 Å². The van der Waals surface area contributed by atoms with Crippen molar-refractivity contribution in [3.8, 4) is 0 Å². The summed E-state index contributed by atoms with van der Waals surface area (Å²) in [7, 11) is 0. The van der Waals surface area contributed by atoms with E-state index in [-0.39, 0.29) is 23.0 Å². The Bertz CT molecular complexity index is 505. The fourth-order valence-electron chi connectivity index (χ4n) is 4.73. The van der Waals surface area contributed by atoms with Crippen molar-refractivity contribution in [3.05, 3.63) is 24.3 Å². The standard InChI is InChI=1S/C18H26O3/c1-12-6-9-15-17(3,14(12)8-7-13(2)19)10-5-11-18(15,4)16(20)21/h7-8,14-15H,1,5-6,9-11H2,2-4H3,(H,20,21)/b8-7+/t14-,15?,17+,18+/m0/s1. The highest BCUT2D eigenvalue weighted by atomic mass is 16.4. The molecule has 0 aliphatic heterocycles. The van der Waals surface area contributed by atoms with Crippen LogP contribution in [-0.2, 0) is 9.59 Å². The molecule has 4 atom stereocenters. The Morgan fingerprint density at radius 1 is 1.33 bits per heavy atom. The zero-order valence-electron chi connectivity index (χ0n) is 13.3. The second-order valence-corrected chi connectivity index (χ2v) is 7.28. The molecule has 0 aromatic heterocycles. The Morgan fingerprint density at radius 3 is 2.57 bits per heavy atom. The van der Waals surface area contributed by atoms with Crippen LogP contribution in [0.4, 0.5) is 0 Å². The van der Waals surface area contributed by atoms with Gasteiger partial charge in [-0.3, -0.25) is 9.59 Å². The number of carboxylic acid groups (broad SMARTS) is 1. The van der Waals surface area contributed by atoms with E-state index >= 15 is 0 Å². The smallest absolute Gasteiger partial charge is 0.309 e. The van der Waals surface area contributed by atoms with Gasteiger partial charge in [0.2, 0.25) is 0 Å². The second-order valence-electron chi connectivity index (χ2n) is 7.28. The fourth-order valence-corrected chi connectivity index (χ4v) is 4.73. The molecule has 0 heterocycles. The summed E-state index contributed by atoms with van der Waals surface area (Å²) in [6.07, 6.45) is 8.01. The number of ketones is 1. The molecule has 0 spiro atoms. The molecule has 0 bridgehead atoms. The van der Waals surface area contributed by atoms with Gasteiger partial charge in [0.25, 0.3) is 0 Å². The monoisotopic (exact) mass is 290 g/mol. The lowest BCUT2D eigenvalue weighted by Gasteiger charge is -2.56. The molecule has 21 heavy (non-hydrogen) atoms. The molecule has 0 aromatic rings. The molecular weight excluding hydrogens is 264 g/mol. The molecule has 2 fully saturated rings.